The van der Waals surface area contributed by atoms with Gasteiger partial charge in [0.25, 0.3) is 0 Å². The van der Waals surface area contributed by atoms with E-state index in [0.29, 0.717) is 6.61 Å². The lowest BCUT2D eigenvalue weighted by Crippen LogP contribution is -2.40. The topological polar surface area (TPSA) is 54.1 Å². The van der Waals surface area contributed by atoms with E-state index >= 15 is 0 Å². The van der Waals surface area contributed by atoms with Crippen LogP contribution in [0.1, 0.15) is 12.5 Å². The number of carbonyl (C=O) groups is 1. The van der Waals surface area contributed by atoms with Gasteiger partial charge >= 0.3 is 6.09 Å². The van der Waals surface area contributed by atoms with Crippen LogP contribution in [0.15, 0.2) is 30.5 Å². The van der Waals surface area contributed by atoms with E-state index in [1.54, 1.807) is 0 Å². The number of nitrogens with one attached hydrogen (secondary N) is 2. The minimum absolute atomic E-state index is 0.0239. The van der Waals surface area contributed by atoms with Crippen LogP contribution in [0.3, 0.4) is 0 Å². The molecule has 1 amide bonds. The zero-order valence-corrected chi connectivity index (χ0v) is 13.8. The minimum Gasteiger partial charge on any atom is -0.444 e. The molecule has 1 aromatic heterocycles. The average Bonchev–Trinajstić information content (AvgIpc) is 2.80. The lowest BCUT2D eigenvalue weighted by molar-refractivity contribution is -0.870. The Morgan fingerprint density at radius 1 is 1.32 bits per heavy atom. The number of benzene rings is 1. The molecule has 5 heteroatoms. The van der Waals surface area contributed by atoms with Crippen molar-refractivity contribution in [2.24, 2.45) is 0 Å². The molecule has 2 N–H and O–H groups in total. The van der Waals surface area contributed by atoms with Crippen molar-refractivity contribution in [2.75, 3.05) is 34.3 Å². The van der Waals surface area contributed by atoms with Crippen molar-refractivity contribution in [1.29, 1.82) is 0 Å². The van der Waals surface area contributed by atoms with Crippen LogP contribution in [0.4, 0.5) is 4.79 Å². The molecule has 2 aromatic rings. The Bertz CT molecular complexity index is 628. The summed E-state index contributed by atoms with van der Waals surface area (Å²) in [5.41, 5.74) is 2.32. The first-order valence-electron chi connectivity index (χ1n) is 7.64. The molecule has 0 aliphatic carbocycles. The SMILES string of the molecule is C[C@@H](Cc1c[nH]c2ccccc12)NC(=O)OCC[N+](C)(C)C. The summed E-state index contributed by atoms with van der Waals surface area (Å²) in [6, 6.07) is 8.20. The number of hydrogen-bond donors (Lipinski definition) is 2. The summed E-state index contributed by atoms with van der Waals surface area (Å²) in [5.74, 6) is 0. The summed E-state index contributed by atoms with van der Waals surface area (Å²) in [6.45, 7) is 3.21. The van der Waals surface area contributed by atoms with Gasteiger partial charge in [-0.1, -0.05) is 18.2 Å². The molecule has 0 saturated carbocycles. The number of hydrogen-bond acceptors (Lipinski definition) is 2. The molecule has 120 valence electrons. The van der Waals surface area contributed by atoms with E-state index in [0.717, 1.165) is 23.0 Å². The van der Waals surface area contributed by atoms with Gasteiger partial charge in [0.1, 0.15) is 13.2 Å². The summed E-state index contributed by atoms with van der Waals surface area (Å²) in [5, 5.41) is 4.09. The van der Waals surface area contributed by atoms with Crippen molar-refractivity contribution in [3.05, 3.63) is 36.0 Å². The molecule has 0 saturated heterocycles. The number of para-hydroxylation sites is 1. The first-order valence-corrected chi connectivity index (χ1v) is 7.64. The van der Waals surface area contributed by atoms with E-state index in [1.165, 1.54) is 10.9 Å². The molecule has 0 spiro atoms. The molecule has 0 aliphatic heterocycles. The monoisotopic (exact) mass is 304 g/mol. The number of ether oxygens (including phenoxy) is 1. The standard InChI is InChI=1S/C17H25N3O2/c1-13(19-17(21)22-10-9-20(2,3)4)11-14-12-18-16-8-6-5-7-15(14)16/h5-8,12-13,18H,9-11H2,1-4H3/p+1/t13-/m0/s1. The number of H-pyrrole nitrogens is 1. The third-order valence-corrected chi connectivity index (χ3v) is 3.56. The van der Waals surface area contributed by atoms with Crippen LogP contribution in [-0.4, -0.2) is 55.9 Å². The first-order chi connectivity index (χ1) is 10.3. The van der Waals surface area contributed by atoms with Gasteiger partial charge in [-0.3, -0.25) is 0 Å². The molecule has 1 heterocycles. The number of alkyl carbamates (subject to hydrolysis) is 1. The van der Waals surface area contributed by atoms with Crippen molar-refractivity contribution in [3.8, 4) is 0 Å². The highest BCUT2D eigenvalue weighted by Crippen LogP contribution is 2.18. The summed E-state index contributed by atoms with van der Waals surface area (Å²) in [4.78, 5) is 15.0. The highest BCUT2D eigenvalue weighted by atomic mass is 16.5. The zero-order chi connectivity index (χ0) is 16.2. The van der Waals surface area contributed by atoms with E-state index in [1.807, 2.05) is 25.3 Å². The normalized spacial score (nSPS) is 13.1. The van der Waals surface area contributed by atoms with Crippen LogP contribution < -0.4 is 5.32 Å². The highest BCUT2D eigenvalue weighted by molar-refractivity contribution is 5.83. The Morgan fingerprint density at radius 3 is 2.77 bits per heavy atom. The fourth-order valence-corrected chi connectivity index (χ4v) is 2.34. The predicted octanol–water partition coefficient (Wildman–Crippen LogP) is 2.53. The number of carbonyl (C=O) groups excluding carboxylic acids is 1. The lowest BCUT2D eigenvalue weighted by Gasteiger charge is -2.23. The number of aromatic nitrogens is 1. The molecule has 5 nitrogen and oxygen atoms in total. The van der Waals surface area contributed by atoms with E-state index in [4.69, 9.17) is 4.74 Å². The molecule has 22 heavy (non-hydrogen) atoms. The molecular formula is C17H26N3O2+. The Labute approximate surface area is 131 Å². The van der Waals surface area contributed by atoms with Crippen LogP contribution >= 0.6 is 0 Å². The number of amides is 1. The molecular weight excluding hydrogens is 278 g/mol. The number of quaternary nitrogens is 1. The van der Waals surface area contributed by atoms with Crippen LogP contribution in [0, 0.1) is 0 Å². The maximum Gasteiger partial charge on any atom is 0.407 e. The summed E-state index contributed by atoms with van der Waals surface area (Å²) < 4.78 is 6.00. The maximum absolute atomic E-state index is 11.8. The second-order valence-corrected chi connectivity index (χ2v) is 6.76. The molecule has 2 rings (SSSR count). The molecule has 0 unspecified atom stereocenters. The number of nitrogens with zero attached hydrogens (tertiary/aromatic N) is 1. The van der Waals surface area contributed by atoms with E-state index < -0.39 is 0 Å². The van der Waals surface area contributed by atoms with E-state index in [9.17, 15) is 4.79 Å². The summed E-state index contributed by atoms with van der Waals surface area (Å²) >= 11 is 0. The quantitative estimate of drug-likeness (QED) is 0.806. The van der Waals surface area contributed by atoms with Crippen molar-refractivity contribution in [3.63, 3.8) is 0 Å². The number of aromatic amines is 1. The second-order valence-electron chi connectivity index (χ2n) is 6.76. The average molecular weight is 304 g/mol. The van der Waals surface area contributed by atoms with Gasteiger partial charge in [0.15, 0.2) is 0 Å². The molecule has 0 fully saturated rings. The van der Waals surface area contributed by atoms with Crippen molar-refractivity contribution in [1.82, 2.24) is 10.3 Å². The zero-order valence-electron chi connectivity index (χ0n) is 13.8. The number of likely N-dealkylation sites (N-methyl/N-ethyl adjacent to an activating group) is 1. The van der Waals surface area contributed by atoms with Gasteiger partial charge < -0.3 is 19.5 Å². The van der Waals surface area contributed by atoms with Crippen LogP contribution in [0.25, 0.3) is 10.9 Å². The van der Waals surface area contributed by atoms with Gasteiger partial charge in [-0.2, -0.15) is 0 Å². The Hall–Kier alpha value is -2.01. The van der Waals surface area contributed by atoms with Crippen LogP contribution in [0.2, 0.25) is 0 Å². The smallest absolute Gasteiger partial charge is 0.407 e. The van der Waals surface area contributed by atoms with Gasteiger partial charge in [-0.15, -0.1) is 0 Å². The van der Waals surface area contributed by atoms with Gasteiger partial charge in [-0.25, -0.2) is 4.79 Å². The van der Waals surface area contributed by atoms with Gasteiger partial charge in [-0.05, 0) is 25.0 Å². The molecule has 0 bridgehead atoms. The molecule has 0 aliphatic rings. The van der Waals surface area contributed by atoms with Gasteiger partial charge in [0.2, 0.25) is 0 Å². The van der Waals surface area contributed by atoms with Crippen LogP contribution in [0.5, 0.6) is 0 Å². The predicted molar refractivity (Wildman–Crippen MR) is 88.8 cm³/mol. The van der Waals surface area contributed by atoms with Crippen molar-refractivity contribution in [2.45, 2.75) is 19.4 Å². The van der Waals surface area contributed by atoms with E-state index in [2.05, 4.69) is 43.6 Å². The van der Waals surface area contributed by atoms with Gasteiger partial charge in [0, 0.05) is 23.1 Å². The molecule has 1 aromatic carbocycles. The largest absolute Gasteiger partial charge is 0.444 e. The van der Waals surface area contributed by atoms with Crippen molar-refractivity contribution >= 4 is 17.0 Å². The minimum atomic E-state index is -0.346. The van der Waals surface area contributed by atoms with Crippen molar-refractivity contribution < 1.29 is 14.0 Å². The lowest BCUT2D eigenvalue weighted by atomic mass is 10.1. The third kappa shape index (κ3) is 4.77. The molecule has 0 radical (unpaired) electrons. The second kappa shape index (κ2) is 6.83. The third-order valence-electron chi connectivity index (χ3n) is 3.56. The number of rotatable bonds is 6. The highest BCUT2D eigenvalue weighted by Gasteiger charge is 2.13. The Morgan fingerprint density at radius 2 is 2.05 bits per heavy atom. The van der Waals surface area contributed by atoms with Gasteiger partial charge in [0.05, 0.1) is 21.1 Å². The Balaban J connectivity index is 1.82. The summed E-state index contributed by atoms with van der Waals surface area (Å²) in [6.07, 6.45) is 2.43. The first kappa shape index (κ1) is 16.4. The maximum atomic E-state index is 11.8. The Kier molecular flexibility index (Phi) is 5.08. The summed E-state index contributed by atoms with van der Waals surface area (Å²) in [7, 11) is 6.21. The van der Waals surface area contributed by atoms with Crippen LogP contribution in [-0.2, 0) is 11.2 Å². The number of fused-ring (bicyclic) bond motifs is 1. The van der Waals surface area contributed by atoms with E-state index in [-0.39, 0.29) is 12.1 Å². The fraction of sp³-hybridized carbons (Fsp3) is 0.471. The fourth-order valence-electron chi connectivity index (χ4n) is 2.34. The molecule has 1 atom stereocenters.